The number of halogens is 1. The van der Waals surface area contributed by atoms with Gasteiger partial charge < -0.3 is 0 Å². The van der Waals surface area contributed by atoms with Gasteiger partial charge >= 0.3 is 0 Å². The standard InChI is InChI=1S/C19H26ClN3/c1-3-5-7-9-11-13-15-17-21-18(23-19(20)22-17)16-14-12-10-8-6-4-2/h3-12H2,1-2H3. The van der Waals surface area contributed by atoms with E-state index in [2.05, 4.69) is 52.5 Å². The summed E-state index contributed by atoms with van der Waals surface area (Å²) >= 11 is 5.91. The second-order valence-electron chi connectivity index (χ2n) is 5.48. The molecule has 0 aliphatic carbocycles. The van der Waals surface area contributed by atoms with Crippen molar-refractivity contribution in [3.63, 3.8) is 0 Å². The molecule has 0 fully saturated rings. The monoisotopic (exact) mass is 331 g/mol. The lowest BCUT2D eigenvalue weighted by Crippen LogP contribution is -1.97. The van der Waals surface area contributed by atoms with Crippen molar-refractivity contribution in [1.29, 1.82) is 0 Å². The Balaban J connectivity index is 2.51. The van der Waals surface area contributed by atoms with Gasteiger partial charge in [0, 0.05) is 12.8 Å². The van der Waals surface area contributed by atoms with Crippen LogP contribution in [0.1, 0.15) is 89.7 Å². The van der Waals surface area contributed by atoms with Crippen LogP contribution in [-0.4, -0.2) is 15.0 Å². The predicted octanol–water partition coefficient (Wildman–Crippen LogP) is 5.17. The smallest absolute Gasteiger partial charge is 0.193 e. The number of aromatic nitrogens is 3. The van der Waals surface area contributed by atoms with Crippen LogP contribution in [0.5, 0.6) is 0 Å². The first-order valence-corrected chi connectivity index (χ1v) is 9.03. The summed E-state index contributed by atoms with van der Waals surface area (Å²) in [7, 11) is 0. The minimum Gasteiger partial charge on any atom is -0.193 e. The molecule has 0 radical (unpaired) electrons. The van der Waals surface area contributed by atoms with Crippen molar-refractivity contribution in [2.45, 2.75) is 78.1 Å². The Morgan fingerprint density at radius 3 is 1.61 bits per heavy atom. The van der Waals surface area contributed by atoms with E-state index in [1.807, 2.05) is 0 Å². The molecule has 3 nitrogen and oxygen atoms in total. The van der Waals surface area contributed by atoms with E-state index in [9.17, 15) is 0 Å². The third kappa shape index (κ3) is 9.93. The van der Waals surface area contributed by atoms with Gasteiger partial charge in [-0.2, -0.15) is 15.0 Å². The lowest BCUT2D eigenvalue weighted by molar-refractivity contribution is 0.679. The van der Waals surface area contributed by atoms with E-state index in [-0.39, 0.29) is 5.28 Å². The van der Waals surface area contributed by atoms with E-state index in [1.54, 1.807) is 0 Å². The van der Waals surface area contributed by atoms with Gasteiger partial charge in [0.05, 0.1) is 0 Å². The Morgan fingerprint density at radius 2 is 1.17 bits per heavy atom. The van der Waals surface area contributed by atoms with E-state index in [4.69, 9.17) is 11.6 Å². The molecule has 1 rings (SSSR count). The van der Waals surface area contributed by atoms with Crippen LogP contribution in [0.3, 0.4) is 0 Å². The van der Waals surface area contributed by atoms with Gasteiger partial charge in [-0.3, -0.25) is 0 Å². The summed E-state index contributed by atoms with van der Waals surface area (Å²) in [6.45, 7) is 4.40. The van der Waals surface area contributed by atoms with E-state index in [1.165, 1.54) is 38.5 Å². The second kappa shape index (κ2) is 12.9. The molecule has 0 saturated heterocycles. The molecule has 0 atom stereocenters. The minimum atomic E-state index is 0.158. The Labute approximate surface area is 145 Å². The Bertz CT molecular complexity index is 527. The largest absolute Gasteiger partial charge is 0.227 e. The summed E-state index contributed by atoms with van der Waals surface area (Å²) in [5.41, 5.74) is 0. The normalized spacial score (nSPS) is 9.70. The predicted molar refractivity (Wildman–Crippen MR) is 96.1 cm³/mol. The molecule has 1 heterocycles. The van der Waals surface area contributed by atoms with Crippen LogP contribution in [0.25, 0.3) is 0 Å². The molecule has 0 aromatic carbocycles. The van der Waals surface area contributed by atoms with Crippen LogP contribution in [0.2, 0.25) is 5.28 Å². The number of nitrogens with zero attached hydrogens (tertiary/aromatic N) is 3. The maximum absolute atomic E-state index is 5.91. The van der Waals surface area contributed by atoms with E-state index in [0.717, 1.165) is 25.7 Å². The second-order valence-corrected chi connectivity index (χ2v) is 5.81. The molecule has 0 N–H and O–H groups in total. The first kappa shape index (κ1) is 19.5. The van der Waals surface area contributed by atoms with Crippen LogP contribution in [-0.2, 0) is 0 Å². The van der Waals surface area contributed by atoms with Gasteiger partial charge in [0.25, 0.3) is 0 Å². The quantitative estimate of drug-likeness (QED) is 0.487. The first-order chi connectivity index (χ1) is 11.3. The summed E-state index contributed by atoms with van der Waals surface area (Å²) in [6, 6.07) is 0. The molecule has 0 aliphatic heterocycles. The molecule has 0 spiro atoms. The zero-order valence-corrected chi connectivity index (χ0v) is 15.0. The number of hydrogen-bond donors (Lipinski definition) is 0. The Hall–Kier alpha value is -1.58. The average Bonchev–Trinajstić information content (AvgIpc) is 2.53. The van der Waals surface area contributed by atoms with Gasteiger partial charge in [-0.1, -0.05) is 64.2 Å². The van der Waals surface area contributed by atoms with Crippen molar-refractivity contribution in [3.05, 3.63) is 16.9 Å². The zero-order chi connectivity index (χ0) is 16.8. The maximum Gasteiger partial charge on any atom is 0.227 e. The molecule has 0 bridgehead atoms. The van der Waals surface area contributed by atoms with Crippen molar-refractivity contribution in [3.8, 4) is 23.7 Å². The van der Waals surface area contributed by atoms with Gasteiger partial charge in [-0.25, -0.2) is 0 Å². The number of unbranched alkanes of at least 4 members (excludes halogenated alkanes) is 8. The summed E-state index contributed by atoms with van der Waals surface area (Å²) in [5.74, 6) is 12.9. The van der Waals surface area contributed by atoms with Crippen LogP contribution < -0.4 is 0 Å². The summed E-state index contributed by atoms with van der Waals surface area (Å²) in [6.07, 6.45) is 11.4. The molecule has 1 aromatic heterocycles. The van der Waals surface area contributed by atoms with Crippen molar-refractivity contribution in [2.24, 2.45) is 0 Å². The van der Waals surface area contributed by atoms with E-state index >= 15 is 0 Å². The van der Waals surface area contributed by atoms with Crippen LogP contribution in [0.15, 0.2) is 0 Å². The summed E-state index contributed by atoms with van der Waals surface area (Å²) < 4.78 is 0. The van der Waals surface area contributed by atoms with Gasteiger partial charge in [0.2, 0.25) is 16.9 Å². The number of rotatable bonds is 8. The van der Waals surface area contributed by atoms with Gasteiger partial charge in [-0.15, -0.1) is 0 Å². The zero-order valence-electron chi connectivity index (χ0n) is 14.3. The van der Waals surface area contributed by atoms with Crippen molar-refractivity contribution < 1.29 is 0 Å². The molecule has 0 amide bonds. The molecule has 4 heteroatoms. The molecule has 124 valence electrons. The highest BCUT2D eigenvalue weighted by atomic mass is 35.5. The van der Waals surface area contributed by atoms with Crippen LogP contribution in [0.4, 0.5) is 0 Å². The SMILES string of the molecule is CCCCCCC#Cc1nc(Cl)nc(C#CCCCCCC)n1. The van der Waals surface area contributed by atoms with Crippen molar-refractivity contribution in [2.75, 3.05) is 0 Å². The topological polar surface area (TPSA) is 38.7 Å². The molecule has 1 aromatic rings. The first-order valence-electron chi connectivity index (χ1n) is 8.65. The third-order valence-electron chi connectivity index (χ3n) is 3.32. The highest BCUT2D eigenvalue weighted by Gasteiger charge is 2.00. The van der Waals surface area contributed by atoms with Crippen molar-refractivity contribution >= 4 is 11.6 Å². The van der Waals surface area contributed by atoms with Gasteiger partial charge in [-0.05, 0) is 36.3 Å². The third-order valence-corrected chi connectivity index (χ3v) is 3.49. The van der Waals surface area contributed by atoms with Crippen molar-refractivity contribution in [1.82, 2.24) is 15.0 Å². The molecule has 23 heavy (non-hydrogen) atoms. The van der Waals surface area contributed by atoms with Crippen LogP contribution in [0, 0.1) is 23.7 Å². The average molecular weight is 332 g/mol. The minimum absolute atomic E-state index is 0.158. The molecular formula is C19H26ClN3. The molecule has 0 saturated carbocycles. The molecule has 0 unspecified atom stereocenters. The Morgan fingerprint density at radius 1 is 0.696 bits per heavy atom. The fourth-order valence-electron chi connectivity index (χ4n) is 2.03. The molecular weight excluding hydrogens is 306 g/mol. The summed E-state index contributed by atoms with van der Waals surface area (Å²) in [5, 5.41) is 0.158. The van der Waals surface area contributed by atoms with E-state index in [0.29, 0.717) is 11.6 Å². The Kier molecular flexibility index (Phi) is 10.9. The fraction of sp³-hybridized carbons (Fsp3) is 0.632. The lowest BCUT2D eigenvalue weighted by Gasteiger charge is -1.94. The highest BCUT2D eigenvalue weighted by Crippen LogP contribution is 2.04. The molecule has 0 aliphatic rings. The van der Waals surface area contributed by atoms with E-state index < -0.39 is 0 Å². The van der Waals surface area contributed by atoms with Gasteiger partial charge in [0.1, 0.15) is 0 Å². The van der Waals surface area contributed by atoms with Gasteiger partial charge in [0.15, 0.2) is 0 Å². The highest BCUT2D eigenvalue weighted by molar-refractivity contribution is 6.28. The summed E-state index contributed by atoms with van der Waals surface area (Å²) in [4.78, 5) is 12.3. The fourth-order valence-corrected chi connectivity index (χ4v) is 2.19. The lowest BCUT2D eigenvalue weighted by atomic mass is 10.1. The number of hydrogen-bond acceptors (Lipinski definition) is 3. The van der Waals surface area contributed by atoms with Crippen LogP contribution >= 0.6 is 11.6 Å². The maximum atomic E-state index is 5.91.